The highest BCUT2D eigenvalue weighted by atomic mass is 19.1. The summed E-state index contributed by atoms with van der Waals surface area (Å²) in [5.41, 5.74) is -0.853. The first-order valence-corrected chi connectivity index (χ1v) is 5.85. The molecule has 0 spiro atoms. The predicted octanol–water partition coefficient (Wildman–Crippen LogP) is 2.22. The summed E-state index contributed by atoms with van der Waals surface area (Å²) in [7, 11) is 1.49. The van der Waals surface area contributed by atoms with Gasteiger partial charge in [-0.3, -0.25) is 4.90 Å². The summed E-state index contributed by atoms with van der Waals surface area (Å²) in [6.45, 7) is 3.11. The number of urea groups is 1. The molecule has 0 heterocycles. The van der Waals surface area contributed by atoms with Crippen molar-refractivity contribution < 1.29 is 19.1 Å². The Hall–Kier alpha value is -2.11. The molecule has 1 rings (SSSR count). The third-order valence-electron chi connectivity index (χ3n) is 3.08. The summed E-state index contributed by atoms with van der Waals surface area (Å²) in [4.78, 5) is 24.3. The van der Waals surface area contributed by atoms with Gasteiger partial charge in [-0.2, -0.15) is 0 Å². The Morgan fingerprint density at radius 1 is 1.37 bits per heavy atom. The SMILES string of the molecule is CCC(C)(NC(=O)N(C)c1ccc(F)cc1)C(=O)O. The highest BCUT2D eigenvalue weighted by molar-refractivity contribution is 5.95. The van der Waals surface area contributed by atoms with Crippen LogP contribution in [0.2, 0.25) is 0 Å². The van der Waals surface area contributed by atoms with Gasteiger partial charge in [-0.15, -0.1) is 0 Å². The molecule has 0 radical (unpaired) electrons. The van der Waals surface area contributed by atoms with Crippen LogP contribution in [-0.4, -0.2) is 29.7 Å². The molecule has 2 N–H and O–H groups in total. The van der Waals surface area contributed by atoms with Crippen LogP contribution in [0.25, 0.3) is 0 Å². The monoisotopic (exact) mass is 268 g/mol. The van der Waals surface area contributed by atoms with Gasteiger partial charge in [0, 0.05) is 12.7 Å². The standard InChI is InChI=1S/C13H17FN2O3/c1-4-13(2,11(17)18)15-12(19)16(3)10-7-5-9(14)6-8-10/h5-8H,4H2,1-3H3,(H,15,19)(H,17,18). The van der Waals surface area contributed by atoms with Gasteiger partial charge in [0.25, 0.3) is 0 Å². The molecule has 0 fully saturated rings. The molecule has 0 saturated heterocycles. The van der Waals surface area contributed by atoms with Crippen molar-refractivity contribution >= 4 is 17.7 Å². The normalized spacial score (nSPS) is 13.5. The van der Waals surface area contributed by atoms with Gasteiger partial charge in [0.05, 0.1) is 0 Å². The number of carboxylic acids is 1. The van der Waals surface area contributed by atoms with Crippen LogP contribution in [0.1, 0.15) is 20.3 Å². The van der Waals surface area contributed by atoms with Crippen LogP contribution in [0.3, 0.4) is 0 Å². The maximum Gasteiger partial charge on any atom is 0.329 e. The number of aliphatic carboxylic acids is 1. The summed E-state index contributed by atoms with van der Waals surface area (Å²) < 4.78 is 12.8. The van der Waals surface area contributed by atoms with E-state index in [1.54, 1.807) is 6.92 Å². The minimum atomic E-state index is -1.33. The van der Waals surface area contributed by atoms with E-state index >= 15 is 0 Å². The number of anilines is 1. The predicted molar refractivity (Wildman–Crippen MR) is 69.7 cm³/mol. The minimum absolute atomic E-state index is 0.255. The van der Waals surface area contributed by atoms with Crippen molar-refractivity contribution in [3.8, 4) is 0 Å². The lowest BCUT2D eigenvalue weighted by atomic mass is 10.00. The van der Waals surface area contributed by atoms with Crippen molar-refractivity contribution in [2.45, 2.75) is 25.8 Å². The number of hydrogen-bond acceptors (Lipinski definition) is 2. The molecule has 6 heteroatoms. The largest absolute Gasteiger partial charge is 0.480 e. The fraction of sp³-hybridized carbons (Fsp3) is 0.385. The zero-order valence-corrected chi connectivity index (χ0v) is 11.1. The second-order valence-corrected chi connectivity index (χ2v) is 4.46. The third-order valence-corrected chi connectivity index (χ3v) is 3.08. The first-order chi connectivity index (χ1) is 8.80. The lowest BCUT2D eigenvalue weighted by Crippen LogP contribution is -2.55. The number of carbonyl (C=O) groups excluding carboxylic acids is 1. The third kappa shape index (κ3) is 3.43. The van der Waals surface area contributed by atoms with Crippen LogP contribution in [0.5, 0.6) is 0 Å². The Morgan fingerprint density at radius 3 is 2.32 bits per heavy atom. The average Bonchev–Trinajstić information content (AvgIpc) is 2.38. The Labute approximate surface area is 111 Å². The molecule has 1 aromatic rings. The van der Waals surface area contributed by atoms with Crippen LogP contribution in [0.15, 0.2) is 24.3 Å². The van der Waals surface area contributed by atoms with Gasteiger partial charge in [0.2, 0.25) is 0 Å². The molecule has 1 atom stereocenters. The number of nitrogens with zero attached hydrogens (tertiary/aromatic N) is 1. The maximum absolute atomic E-state index is 12.8. The van der Waals surface area contributed by atoms with Crippen LogP contribution in [0, 0.1) is 5.82 Å². The van der Waals surface area contributed by atoms with E-state index in [1.165, 1.54) is 43.1 Å². The second-order valence-electron chi connectivity index (χ2n) is 4.46. The molecular weight excluding hydrogens is 251 g/mol. The molecule has 0 aliphatic heterocycles. The van der Waals surface area contributed by atoms with Gasteiger partial charge in [0.15, 0.2) is 0 Å². The Morgan fingerprint density at radius 2 is 1.89 bits per heavy atom. The first-order valence-electron chi connectivity index (χ1n) is 5.85. The van der Waals surface area contributed by atoms with E-state index in [-0.39, 0.29) is 6.42 Å². The van der Waals surface area contributed by atoms with E-state index in [2.05, 4.69) is 5.32 Å². The zero-order chi connectivity index (χ0) is 14.6. The molecule has 0 bridgehead atoms. The van der Waals surface area contributed by atoms with E-state index in [0.717, 1.165) is 0 Å². The summed E-state index contributed by atoms with van der Waals surface area (Å²) in [5.74, 6) is -1.50. The fourth-order valence-corrected chi connectivity index (χ4v) is 1.39. The summed E-state index contributed by atoms with van der Waals surface area (Å²) in [5, 5.41) is 11.5. The summed E-state index contributed by atoms with van der Waals surface area (Å²) in [6, 6.07) is 4.79. The number of rotatable bonds is 4. The maximum atomic E-state index is 12.8. The minimum Gasteiger partial charge on any atom is -0.480 e. The van der Waals surface area contributed by atoms with Gasteiger partial charge in [-0.05, 0) is 37.6 Å². The lowest BCUT2D eigenvalue weighted by molar-refractivity contribution is -0.143. The van der Waals surface area contributed by atoms with Crippen molar-refractivity contribution in [2.75, 3.05) is 11.9 Å². The molecule has 104 valence electrons. The Balaban J connectivity index is 2.83. The van der Waals surface area contributed by atoms with E-state index in [4.69, 9.17) is 5.11 Å². The molecule has 2 amide bonds. The molecule has 0 aliphatic carbocycles. The van der Waals surface area contributed by atoms with E-state index in [0.29, 0.717) is 5.69 Å². The molecule has 19 heavy (non-hydrogen) atoms. The van der Waals surface area contributed by atoms with Crippen LogP contribution < -0.4 is 10.2 Å². The Kier molecular flexibility index (Phi) is 4.47. The van der Waals surface area contributed by atoms with E-state index in [9.17, 15) is 14.0 Å². The van der Waals surface area contributed by atoms with Crippen molar-refractivity contribution in [2.24, 2.45) is 0 Å². The lowest BCUT2D eigenvalue weighted by Gasteiger charge is -2.28. The topological polar surface area (TPSA) is 69.6 Å². The highest BCUT2D eigenvalue weighted by Gasteiger charge is 2.33. The summed E-state index contributed by atoms with van der Waals surface area (Å²) >= 11 is 0. The zero-order valence-electron chi connectivity index (χ0n) is 11.1. The Bertz CT molecular complexity index is 475. The van der Waals surface area contributed by atoms with Crippen LogP contribution >= 0.6 is 0 Å². The van der Waals surface area contributed by atoms with Gasteiger partial charge in [-0.1, -0.05) is 6.92 Å². The van der Waals surface area contributed by atoms with Gasteiger partial charge >= 0.3 is 12.0 Å². The molecule has 0 aliphatic rings. The van der Waals surface area contributed by atoms with Gasteiger partial charge in [0.1, 0.15) is 11.4 Å². The van der Waals surface area contributed by atoms with Crippen molar-refractivity contribution in [3.05, 3.63) is 30.1 Å². The van der Waals surface area contributed by atoms with Crippen molar-refractivity contribution in [1.29, 1.82) is 0 Å². The number of nitrogens with one attached hydrogen (secondary N) is 1. The van der Waals surface area contributed by atoms with E-state index < -0.39 is 23.4 Å². The number of benzene rings is 1. The molecular formula is C13H17FN2O3. The molecule has 1 aromatic carbocycles. The quantitative estimate of drug-likeness (QED) is 0.879. The van der Waals surface area contributed by atoms with Gasteiger partial charge in [-0.25, -0.2) is 14.0 Å². The first kappa shape index (κ1) is 14.9. The number of hydrogen-bond donors (Lipinski definition) is 2. The number of carbonyl (C=O) groups is 2. The highest BCUT2D eigenvalue weighted by Crippen LogP contribution is 2.15. The molecule has 0 saturated carbocycles. The van der Waals surface area contributed by atoms with Crippen molar-refractivity contribution in [3.63, 3.8) is 0 Å². The smallest absolute Gasteiger partial charge is 0.329 e. The summed E-state index contributed by atoms with van der Waals surface area (Å²) in [6.07, 6.45) is 0.255. The number of amides is 2. The van der Waals surface area contributed by atoms with Crippen molar-refractivity contribution in [1.82, 2.24) is 5.32 Å². The molecule has 0 aromatic heterocycles. The van der Waals surface area contributed by atoms with Gasteiger partial charge < -0.3 is 10.4 Å². The van der Waals surface area contributed by atoms with Crippen LogP contribution in [-0.2, 0) is 4.79 Å². The van der Waals surface area contributed by atoms with E-state index in [1.807, 2.05) is 0 Å². The fourth-order valence-electron chi connectivity index (χ4n) is 1.39. The molecule has 5 nitrogen and oxygen atoms in total. The number of carboxylic acid groups (broad SMARTS) is 1. The van der Waals surface area contributed by atoms with Crippen LogP contribution in [0.4, 0.5) is 14.9 Å². The second kappa shape index (κ2) is 5.69. The average molecular weight is 268 g/mol. The number of halogens is 1. The molecule has 1 unspecified atom stereocenters.